The van der Waals surface area contributed by atoms with Crippen molar-refractivity contribution in [3.8, 4) is 11.5 Å². The van der Waals surface area contributed by atoms with Crippen molar-refractivity contribution in [2.75, 3.05) is 25.2 Å². The molecule has 0 saturated carbocycles. The molecular formula is C18H19BrFNO3. The van der Waals surface area contributed by atoms with E-state index in [0.717, 1.165) is 0 Å². The summed E-state index contributed by atoms with van der Waals surface area (Å²) in [6, 6.07) is 9.17. The van der Waals surface area contributed by atoms with Crippen LogP contribution < -0.4 is 14.4 Å². The van der Waals surface area contributed by atoms with Gasteiger partial charge in [0.2, 0.25) is 0 Å². The van der Waals surface area contributed by atoms with Crippen molar-refractivity contribution in [3.05, 3.63) is 52.3 Å². The van der Waals surface area contributed by atoms with Gasteiger partial charge in [0.25, 0.3) is 5.91 Å². The van der Waals surface area contributed by atoms with E-state index in [0.29, 0.717) is 40.4 Å². The zero-order valence-corrected chi connectivity index (χ0v) is 15.4. The van der Waals surface area contributed by atoms with Crippen LogP contribution >= 0.6 is 15.9 Å². The van der Waals surface area contributed by atoms with Crippen molar-refractivity contribution in [3.63, 3.8) is 0 Å². The Labute approximate surface area is 149 Å². The Morgan fingerprint density at radius 1 is 1.21 bits per heavy atom. The maximum absolute atomic E-state index is 13.1. The van der Waals surface area contributed by atoms with Gasteiger partial charge < -0.3 is 14.4 Å². The zero-order chi connectivity index (χ0) is 17.7. The van der Waals surface area contributed by atoms with E-state index in [9.17, 15) is 9.18 Å². The maximum atomic E-state index is 13.1. The van der Waals surface area contributed by atoms with E-state index in [4.69, 9.17) is 9.47 Å². The molecule has 0 bridgehead atoms. The summed E-state index contributed by atoms with van der Waals surface area (Å²) in [5.41, 5.74) is 1.08. The number of nitrogens with zero attached hydrogens (tertiary/aromatic N) is 1. The summed E-state index contributed by atoms with van der Waals surface area (Å²) in [7, 11) is 1.52. The second-order valence-corrected chi connectivity index (χ2v) is 5.80. The van der Waals surface area contributed by atoms with Gasteiger partial charge in [-0.1, -0.05) is 0 Å². The normalized spacial score (nSPS) is 10.4. The van der Waals surface area contributed by atoms with Crippen molar-refractivity contribution in [1.29, 1.82) is 0 Å². The molecular weight excluding hydrogens is 377 g/mol. The van der Waals surface area contributed by atoms with Crippen molar-refractivity contribution >= 4 is 27.5 Å². The SMILES string of the molecule is CCOc1c(Br)cc(C(=O)N(CC)c2ccc(F)cc2)cc1OC. The highest BCUT2D eigenvalue weighted by molar-refractivity contribution is 9.10. The topological polar surface area (TPSA) is 38.8 Å². The van der Waals surface area contributed by atoms with E-state index >= 15 is 0 Å². The fourth-order valence-corrected chi connectivity index (χ4v) is 2.90. The number of methoxy groups -OCH3 is 1. The van der Waals surface area contributed by atoms with Crippen LogP contribution in [0.2, 0.25) is 0 Å². The third-order valence-electron chi connectivity index (χ3n) is 3.46. The molecule has 1 amide bonds. The average Bonchev–Trinajstić information content (AvgIpc) is 2.58. The summed E-state index contributed by atoms with van der Waals surface area (Å²) < 4.78 is 24.6. The van der Waals surface area contributed by atoms with E-state index < -0.39 is 0 Å². The van der Waals surface area contributed by atoms with Crippen LogP contribution in [-0.2, 0) is 0 Å². The van der Waals surface area contributed by atoms with Gasteiger partial charge in [0, 0.05) is 17.8 Å². The van der Waals surface area contributed by atoms with Gasteiger partial charge in [-0.2, -0.15) is 0 Å². The molecule has 24 heavy (non-hydrogen) atoms. The number of benzene rings is 2. The second-order valence-electron chi connectivity index (χ2n) is 4.95. The highest BCUT2D eigenvalue weighted by Gasteiger charge is 2.20. The van der Waals surface area contributed by atoms with Crippen LogP contribution in [0, 0.1) is 5.82 Å². The van der Waals surface area contributed by atoms with Crippen LogP contribution in [0.5, 0.6) is 11.5 Å². The molecule has 2 aromatic rings. The Kier molecular flexibility index (Phi) is 6.20. The lowest BCUT2D eigenvalue weighted by Crippen LogP contribution is -2.30. The first-order valence-corrected chi connectivity index (χ1v) is 8.38. The summed E-state index contributed by atoms with van der Waals surface area (Å²) in [5.74, 6) is 0.491. The molecule has 0 heterocycles. The van der Waals surface area contributed by atoms with E-state index in [1.165, 1.54) is 19.2 Å². The molecule has 0 spiro atoms. The van der Waals surface area contributed by atoms with Gasteiger partial charge in [0.1, 0.15) is 5.82 Å². The van der Waals surface area contributed by atoms with Gasteiger partial charge in [-0.3, -0.25) is 4.79 Å². The standard InChI is InChI=1S/C18H19BrFNO3/c1-4-21(14-8-6-13(20)7-9-14)18(22)12-10-15(19)17(24-5-2)16(11-12)23-3/h6-11H,4-5H2,1-3H3. The van der Waals surface area contributed by atoms with Crippen molar-refractivity contribution in [2.24, 2.45) is 0 Å². The van der Waals surface area contributed by atoms with Gasteiger partial charge in [-0.05, 0) is 66.2 Å². The Morgan fingerprint density at radius 2 is 1.88 bits per heavy atom. The smallest absolute Gasteiger partial charge is 0.258 e. The molecule has 0 saturated heterocycles. The number of rotatable bonds is 6. The van der Waals surface area contributed by atoms with Crippen LogP contribution in [-0.4, -0.2) is 26.2 Å². The average molecular weight is 396 g/mol. The van der Waals surface area contributed by atoms with Crippen molar-refractivity contribution < 1.29 is 18.7 Å². The first-order valence-electron chi connectivity index (χ1n) is 7.59. The molecule has 4 nitrogen and oxygen atoms in total. The molecule has 0 aromatic heterocycles. The fraction of sp³-hybridized carbons (Fsp3) is 0.278. The minimum Gasteiger partial charge on any atom is -0.493 e. The number of ether oxygens (including phenoxy) is 2. The Balaban J connectivity index is 2.40. The van der Waals surface area contributed by atoms with E-state index in [1.807, 2.05) is 13.8 Å². The quantitative estimate of drug-likeness (QED) is 0.713. The predicted molar refractivity (Wildman–Crippen MR) is 95.6 cm³/mol. The summed E-state index contributed by atoms with van der Waals surface area (Å²) in [6.07, 6.45) is 0. The Hall–Kier alpha value is -2.08. The number of amides is 1. The monoisotopic (exact) mass is 395 g/mol. The number of carbonyl (C=O) groups excluding carboxylic acids is 1. The molecule has 0 fully saturated rings. The van der Waals surface area contributed by atoms with Gasteiger partial charge in [0.05, 0.1) is 18.2 Å². The third kappa shape index (κ3) is 3.87. The summed E-state index contributed by atoms with van der Waals surface area (Å²) in [5, 5.41) is 0. The Morgan fingerprint density at radius 3 is 2.42 bits per heavy atom. The summed E-state index contributed by atoms with van der Waals surface area (Å²) in [6.45, 7) is 4.68. The van der Waals surface area contributed by atoms with Gasteiger partial charge in [-0.15, -0.1) is 0 Å². The van der Waals surface area contributed by atoms with Gasteiger partial charge in [-0.25, -0.2) is 4.39 Å². The third-order valence-corrected chi connectivity index (χ3v) is 4.05. The molecule has 0 N–H and O–H groups in total. The highest BCUT2D eigenvalue weighted by atomic mass is 79.9. The van der Waals surface area contributed by atoms with E-state index in [1.54, 1.807) is 29.2 Å². The zero-order valence-electron chi connectivity index (χ0n) is 13.8. The molecule has 6 heteroatoms. The number of hydrogen-bond acceptors (Lipinski definition) is 3. The first kappa shape index (κ1) is 18.3. The van der Waals surface area contributed by atoms with Crippen LogP contribution in [0.4, 0.5) is 10.1 Å². The molecule has 128 valence electrons. The minimum absolute atomic E-state index is 0.203. The fourth-order valence-electron chi connectivity index (χ4n) is 2.35. The van der Waals surface area contributed by atoms with E-state index in [-0.39, 0.29) is 11.7 Å². The lowest BCUT2D eigenvalue weighted by molar-refractivity contribution is 0.0988. The van der Waals surface area contributed by atoms with Crippen molar-refractivity contribution in [2.45, 2.75) is 13.8 Å². The highest BCUT2D eigenvalue weighted by Crippen LogP contribution is 2.37. The molecule has 0 aliphatic rings. The molecule has 2 rings (SSSR count). The summed E-state index contributed by atoms with van der Waals surface area (Å²) >= 11 is 3.42. The molecule has 0 aliphatic heterocycles. The lowest BCUT2D eigenvalue weighted by atomic mass is 10.1. The van der Waals surface area contributed by atoms with E-state index in [2.05, 4.69) is 15.9 Å². The van der Waals surface area contributed by atoms with Crippen molar-refractivity contribution in [1.82, 2.24) is 0 Å². The minimum atomic E-state index is -0.340. The maximum Gasteiger partial charge on any atom is 0.258 e. The molecule has 0 aliphatic carbocycles. The molecule has 0 unspecified atom stereocenters. The van der Waals surface area contributed by atoms with Crippen LogP contribution in [0.1, 0.15) is 24.2 Å². The number of anilines is 1. The second kappa shape index (κ2) is 8.15. The predicted octanol–water partition coefficient (Wildman–Crippen LogP) is 4.66. The van der Waals surface area contributed by atoms with Gasteiger partial charge >= 0.3 is 0 Å². The number of carbonyl (C=O) groups is 1. The Bertz CT molecular complexity index is 719. The molecule has 0 atom stereocenters. The number of hydrogen-bond donors (Lipinski definition) is 0. The molecule has 2 aromatic carbocycles. The number of halogens is 2. The summed E-state index contributed by atoms with van der Waals surface area (Å²) in [4.78, 5) is 14.4. The molecule has 0 radical (unpaired) electrons. The first-order chi connectivity index (χ1) is 11.5. The van der Waals surface area contributed by atoms with Crippen LogP contribution in [0.15, 0.2) is 40.9 Å². The lowest BCUT2D eigenvalue weighted by Gasteiger charge is -2.22. The van der Waals surface area contributed by atoms with Crippen LogP contribution in [0.3, 0.4) is 0 Å². The van der Waals surface area contributed by atoms with Gasteiger partial charge in [0.15, 0.2) is 11.5 Å². The largest absolute Gasteiger partial charge is 0.493 e. The van der Waals surface area contributed by atoms with Crippen LogP contribution in [0.25, 0.3) is 0 Å².